The van der Waals surface area contributed by atoms with Crippen molar-refractivity contribution in [2.45, 2.75) is 13.8 Å². The smallest absolute Gasteiger partial charge is 0.340 e. The topological polar surface area (TPSA) is 79.3 Å². The van der Waals surface area contributed by atoms with Gasteiger partial charge in [-0.15, -0.1) is 11.3 Å². The fourth-order valence-corrected chi connectivity index (χ4v) is 3.66. The fraction of sp³-hybridized carbons (Fsp3) is 0.182. The molecule has 2 heterocycles. The Hall–Kier alpha value is -1.25. The van der Waals surface area contributed by atoms with Crippen molar-refractivity contribution in [2.24, 2.45) is 0 Å². The molecule has 2 rings (SSSR count). The lowest BCUT2D eigenvalue weighted by Crippen LogP contribution is -2.12. The van der Waals surface area contributed by atoms with Gasteiger partial charge in [0, 0.05) is 0 Å². The Balaban J connectivity index is 2.27. The van der Waals surface area contributed by atoms with Crippen molar-refractivity contribution in [3.8, 4) is 0 Å². The molecule has 8 heteroatoms. The zero-order valence-electron chi connectivity index (χ0n) is 9.98. The van der Waals surface area contributed by atoms with Crippen molar-refractivity contribution in [3.63, 3.8) is 0 Å². The molecule has 0 fully saturated rings. The van der Waals surface area contributed by atoms with Crippen LogP contribution in [0, 0.1) is 13.8 Å². The van der Waals surface area contributed by atoms with Crippen molar-refractivity contribution >= 4 is 55.7 Å². The first kappa shape index (κ1) is 14.2. The molecule has 0 saturated carbocycles. The van der Waals surface area contributed by atoms with Gasteiger partial charge in [0.2, 0.25) is 0 Å². The number of anilines is 1. The Bertz CT molecular complexity index is 643. The van der Waals surface area contributed by atoms with Gasteiger partial charge in [-0.1, -0.05) is 0 Å². The molecule has 0 saturated heterocycles. The summed E-state index contributed by atoms with van der Waals surface area (Å²) in [5.74, 6) is -1.42. The quantitative estimate of drug-likeness (QED) is 0.877. The summed E-state index contributed by atoms with van der Waals surface area (Å²) in [6, 6.07) is 1.75. The predicted octanol–water partition coefficient (Wildman–Crippen LogP) is 3.53. The van der Waals surface area contributed by atoms with Crippen LogP contribution < -0.4 is 5.32 Å². The number of halogens is 1. The van der Waals surface area contributed by atoms with E-state index in [1.165, 1.54) is 11.3 Å². The van der Waals surface area contributed by atoms with Crippen LogP contribution >= 0.6 is 38.8 Å². The van der Waals surface area contributed by atoms with Gasteiger partial charge in [0.05, 0.1) is 14.4 Å². The number of aromatic carboxylic acids is 1. The second kappa shape index (κ2) is 5.40. The average Bonchev–Trinajstić information content (AvgIpc) is 2.84. The van der Waals surface area contributed by atoms with Gasteiger partial charge in [-0.3, -0.25) is 4.79 Å². The summed E-state index contributed by atoms with van der Waals surface area (Å²) in [4.78, 5) is 23.6. The Morgan fingerprint density at radius 1 is 1.42 bits per heavy atom. The third-order valence-corrected chi connectivity index (χ3v) is 5.37. The van der Waals surface area contributed by atoms with Crippen LogP contribution in [0.4, 0.5) is 5.00 Å². The Morgan fingerprint density at radius 3 is 2.63 bits per heavy atom. The largest absolute Gasteiger partial charge is 0.478 e. The third-order valence-electron chi connectivity index (χ3n) is 2.38. The molecule has 0 aliphatic heterocycles. The van der Waals surface area contributed by atoms with E-state index in [1.54, 1.807) is 13.0 Å². The van der Waals surface area contributed by atoms with E-state index in [-0.39, 0.29) is 16.5 Å². The lowest BCUT2D eigenvalue weighted by atomic mass is 10.2. The molecule has 19 heavy (non-hydrogen) atoms. The van der Waals surface area contributed by atoms with Gasteiger partial charge in [-0.25, -0.2) is 4.79 Å². The number of hydrogen-bond donors (Lipinski definition) is 2. The maximum atomic E-state index is 12.0. The van der Waals surface area contributed by atoms with E-state index in [0.717, 1.165) is 20.9 Å². The molecule has 1 amide bonds. The molecule has 0 atom stereocenters. The average molecular weight is 361 g/mol. The van der Waals surface area contributed by atoms with Gasteiger partial charge in [0.25, 0.3) is 5.91 Å². The van der Waals surface area contributed by atoms with E-state index >= 15 is 0 Å². The highest BCUT2D eigenvalue weighted by Gasteiger charge is 2.20. The predicted molar refractivity (Wildman–Crippen MR) is 78.5 cm³/mol. The standard InChI is InChI=1S/C11H9BrN2O3S2/c1-4-3-6(18-8(4)12)9(15)13-10-7(11(16)17)5(2)14-19-10/h3H,1-2H3,(H,13,15)(H,16,17). The summed E-state index contributed by atoms with van der Waals surface area (Å²) >= 11 is 5.62. The third kappa shape index (κ3) is 2.85. The second-order valence-corrected chi connectivity index (χ2v) is 6.94. The van der Waals surface area contributed by atoms with Crippen LogP contribution in [0.5, 0.6) is 0 Å². The number of thiophene rings is 1. The number of hydrogen-bond acceptors (Lipinski definition) is 5. The molecule has 0 aromatic carbocycles. The zero-order valence-corrected chi connectivity index (χ0v) is 13.2. The van der Waals surface area contributed by atoms with Crippen LogP contribution in [0.25, 0.3) is 0 Å². The van der Waals surface area contributed by atoms with E-state index in [4.69, 9.17) is 5.11 Å². The van der Waals surface area contributed by atoms with E-state index in [9.17, 15) is 9.59 Å². The minimum atomic E-state index is -1.09. The fourth-order valence-electron chi connectivity index (χ4n) is 1.44. The highest BCUT2D eigenvalue weighted by atomic mass is 79.9. The van der Waals surface area contributed by atoms with Crippen LogP contribution in [0.2, 0.25) is 0 Å². The molecule has 0 aliphatic rings. The van der Waals surface area contributed by atoms with Crippen LogP contribution in [0.3, 0.4) is 0 Å². The normalized spacial score (nSPS) is 10.5. The van der Waals surface area contributed by atoms with E-state index in [0.29, 0.717) is 10.6 Å². The summed E-state index contributed by atoms with van der Waals surface area (Å²) < 4.78 is 4.83. The molecule has 0 aliphatic carbocycles. The van der Waals surface area contributed by atoms with Gasteiger partial charge in [0.1, 0.15) is 10.6 Å². The molecular formula is C11H9BrN2O3S2. The highest BCUT2D eigenvalue weighted by Crippen LogP contribution is 2.29. The maximum Gasteiger partial charge on any atom is 0.340 e. The van der Waals surface area contributed by atoms with Crippen LogP contribution in [0.1, 0.15) is 31.3 Å². The van der Waals surface area contributed by atoms with Crippen molar-refractivity contribution in [3.05, 3.63) is 31.6 Å². The summed E-state index contributed by atoms with van der Waals surface area (Å²) in [6.07, 6.45) is 0. The van der Waals surface area contributed by atoms with Gasteiger partial charge in [-0.05, 0) is 52.9 Å². The second-order valence-electron chi connectivity index (χ2n) is 3.80. The first-order valence-electron chi connectivity index (χ1n) is 5.17. The van der Waals surface area contributed by atoms with Crippen LogP contribution in [-0.4, -0.2) is 21.4 Å². The van der Waals surface area contributed by atoms with Gasteiger partial charge in [-0.2, -0.15) is 4.37 Å². The van der Waals surface area contributed by atoms with E-state index in [1.807, 2.05) is 6.92 Å². The van der Waals surface area contributed by atoms with Crippen molar-refractivity contribution < 1.29 is 14.7 Å². The van der Waals surface area contributed by atoms with E-state index < -0.39 is 5.97 Å². The zero-order chi connectivity index (χ0) is 14.2. The molecular weight excluding hydrogens is 352 g/mol. The van der Waals surface area contributed by atoms with Gasteiger partial charge >= 0.3 is 5.97 Å². The number of nitrogens with one attached hydrogen (secondary N) is 1. The van der Waals surface area contributed by atoms with Crippen molar-refractivity contribution in [1.82, 2.24) is 4.37 Å². The molecule has 0 spiro atoms. The highest BCUT2D eigenvalue weighted by molar-refractivity contribution is 9.11. The molecule has 2 N–H and O–H groups in total. The van der Waals surface area contributed by atoms with Gasteiger partial charge in [0.15, 0.2) is 0 Å². The van der Waals surface area contributed by atoms with Crippen molar-refractivity contribution in [1.29, 1.82) is 0 Å². The number of carboxylic acid groups (broad SMARTS) is 1. The number of carbonyl (C=O) groups is 2. The minimum absolute atomic E-state index is 0.0469. The molecule has 0 radical (unpaired) electrons. The summed E-state index contributed by atoms with van der Waals surface area (Å²) in [7, 11) is 0. The molecule has 5 nitrogen and oxygen atoms in total. The molecule has 2 aromatic heterocycles. The van der Waals surface area contributed by atoms with Crippen molar-refractivity contribution in [2.75, 3.05) is 5.32 Å². The number of carbonyl (C=O) groups excluding carboxylic acids is 1. The number of aromatic nitrogens is 1. The first-order valence-corrected chi connectivity index (χ1v) is 7.55. The molecule has 100 valence electrons. The first-order chi connectivity index (χ1) is 8.90. The SMILES string of the molecule is Cc1cc(C(=O)Nc2snc(C)c2C(=O)O)sc1Br. The Morgan fingerprint density at radius 2 is 2.11 bits per heavy atom. The summed E-state index contributed by atoms with van der Waals surface area (Å²) in [6.45, 7) is 3.48. The Kier molecular flexibility index (Phi) is 4.02. The summed E-state index contributed by atoms with van der Waals surface area (Å²) in [5, 5.41) is 11.9. The Labute approximate surface area is 125 Å². The summed E-state index contributed by atoms with van der Waals surface area (Å²) in [5.41, 5.74) is 1.41. The number of amides is 1. The maximum absolute atomic E-state index is 12.0. The lowest BCUT2D eigenvalue weighted by molar-refractivity contribution is 0.0697. The van der Waals surface area contributed by atoms with E-state index in [2.05, 4.69) is 25.6 Å². The minimum Gasteiger partial charge on any atom is -0.478 e. The molecule has 0 bridgehead atoms. The number of rotatable bonds is 3. The number of nitrogens with zero attached hydrogens (tertiary/aromatic N) is 1. The number of aryl methyl sites for hydroxylation is 2. The number of carboxylic acids is 1. The lowest BCUT2D eigenvalue weighted by Gasteiger charge is -2.01. The van der Waals surface area contributed by atoms with Crippen LogP contribution in [-0.2, 0) is 0 Å². The monoisotopic (exact) mass is 360 g/mol. The van der Waals surface area contributed by atoms with Gasteiger partial charge < -0.3 is 10.4 Å². The molecule has 2 aromatic rings. The van der Waals surface area contributed by atoms with Crippen LogP contribution in [0.15, 0.2) is 9.85 Å². The molecule has 0 unspecified atom stereocenters.